The van der Waals surface area contributed by atoms with E-state index in [9.17, 15) is 14.0 Å². The van der Waals surface area contributed by atoms with E-state index in [2.05, 4.69) is 5.32 Å². The Morgan fingerprint density at radius 3 is 2.58 bits per heavy atom. The Kier molecular flexibility index (Phi) is 6.19. The molecule has 1 saturated heterocycles. The van der Waals surface area contributed by atoms with Gasteiger partial charge >= 0.3 is 6.09 Å². The molecule has 0 unspecified atom stereocenters. The van der Waals surface area contributed by atoms with E-state index in [1.165, 1.54) is 12.1 Å². The van der Waals surface area contributed by atoms with Gasteiger partial charge in [-0.05, 0) is 44.9 Å². The molecule has 140 valence electrons. The third kappa shape index (κ3) is 5.45. The average molecular weight is 361 g/mol. The summed E-state index contributed by atoms with van der Waals surface area (Å²) in [6, 6.07) is 7.62. The van der Waals surface area contributed by atoms with Crippen molar-refractivity contribution in [3.05, 3.63) is 35.6 Å². The summed E-state index contributed by atoms with van der Waals surface area (Å²) in [5.41, 5.74) is 0.250. The first kappa shape index (κ1) is 19.7. The van der Waals surface area contributed by atoms with E-state index in [1.54, 1.807) is 37.8 Å². The summed E-state index contributed by atoms with van der Waals surface area (Å²) in [4.78, 5) is 25.8. The van der Waals surface area contributed by atoms with Gasteiger partial charge in [0.25, 0.3) is 0 Å². The summed E-state index contributed by atoms with van der Waals surface area (Å²) in [6.45, 7) is 6.08. The van der Waals surface area contributed by atoms with Gasteiger partial charge in [-0.15, -0.1) is 0 Å². The van der Waals surface area contributed by atoms with E-state index in [1.807, 2.05) is 6.07 Å². The van der Waals surface area contributed by atoms with E-state index < -0.39 is 11.7 Å². The zero-order chi connectivity index (χ0) is 19.3. The molecule has 1 aromatic carbocycles. The molecule has 1 aliphatic rings. The van der Waals surface area contributed by atoms with Crippen LogP contribution in [0.5, 0.6) is 0 Å². The number of carbonyl (C=O) groups is 2. The number of hydrogen-bond donors (Lipinski definition) is 1. The fourth-order valence-electron chi connectivity index (χ4n) is 3.07. The summed E-state index contributed by atoms with van der Waals surface area (Å²) in [5.74, 6) is -0.665. The second-order valence-electron chi connectivity index (χ2n) is 7.37. The number of amides is 2. The summed E-state index contributed by atoms with van der Waals surface area (Å²) in [6.07, 6.45) is -0.159. The molecule has 2 rings (SSSR count). The fourth-order valence-corrected chi connectivity index (χ4v) is 3.07. The summed E-state index contributed by atoms with van der Waals surface area (Å²) >= 11 is 0. The van der Waals surface area contributed by atoms with Crippen LogP contribution in [0, 0.1) is 17.1 Å². The highest BCUT2D eigenvalue weighted by Crippen LogP contribution is 2.29. The minimum atomic E-state index is -0.638. The number of alkyl carbamates (subject to hydrolysis) is 1. The van der Waals surface area contributed by atoms with Crippen molar-refractivity contribution in [2.75, 3.05) is 13.1 Å². The number of piperidine rings is 1. The second kappa shape index (κ2) is 8.17. The zero-order valence-electron chi connectivity index (χ0n) is 15.3. The molecule has 0 radical (unpaired) electrons. The van der Waals surface area contributed by atoms with Crippen molar-refractivity contribution in [3.8, 4) is 6.07 Å². The first-order valence-corrected chi connectivity index (χ1v) is 8.59. The topological polar surface area (TPSA) is 82.4 Å². The molecule has 2 amide bonds. The number of nitrogens with one attached hydrogen (secondary N) is 1. The van der Waals surface area contributed by atoms with Gasteiger partial charge in [0.2, 0.25) is 5.91 Å². The molecule has 0 aliphatic carbocycles. The molecule has 26 heavy (non-hydrogen) atoms. The van der Waals surface area contributed by atoms with Gasteiger partial charge in [0.05, 0.1) is 12.1 Å². The summed E-state index contributed by atoms with van der Waals surface area (Å²) in [7, 11) is 0. The second-order valence-corrected chi connectivity index (χ2v) is 7.37. The van der Waals surface area contributed by atoms with Crippen molar-refractivity contribution in [1.82, 2.24) is 10.2 Å². The van der Waals surface area contributed by atoms with Crippen LogP contribution < -0.4 is 5.32 Å². The molecule has 0 saturated carbocycles. The number of likely N-dealkylation sites (tertiary alicyclic amines) is 1. The number of benzene rings is 1. The van der Waals surface area contributed by atoms with Gasteiger partial charge in [-0.3, -0.25) is 4.79 Å². The van der Waals surface area contributed by atoms with Gasteiger partial charge in [-0.2, -0.15) is 5.26 Å². The lowest BCUT2D eigenvalue weighted by atomic mass is 9.85. The molecule has 1 heterocycles. The monoisotopic (exact) mass is 361 g/mol. The highest BCUT2D eigenvalue weighted by molar-refractivity contribution is 5.78. The van der Waals surface area contributed by atoms with Crippen molar-refractivity contribution < 1.29 is 18.7 Å². The van der Waals surface area contributed by atoms with Gasteiger partial charge in [-0.1, -0.05) is 12.1 Å². The fraction of sp³-hybridized carbons (Fsp3) is 0.526. The number of nitrogens with zero attached hydrogens (tertiary/aromatic N) is 2. The van der Waals surface area contributed by atoms with E-state index >= 15 is 0 Å². The lowest BCUT2D eigenvalue weighted by Gasteiger charge is -2.39. The minimum absolute atomic E-state index is 0.0748. The number of carbonyl (C=O) groups excluding carboxylic acids is 2. The normalized spacial score (nSPS) is 20.2. The summed E-state index contributed by atoms with van der Waals surface area (Å²) < 4.78 is 18.5. The first-order valence-electron chi connectivity index (χ1n) is 8.59. The van der Waals surface area contributed by atoms with Crippen LogP contribution in [0.2, 0.25) is 0 Å². The highest BCUT2D eigenvalue weighted by atomic mass is 19.1. The molecule has 0 bridgehead atoms. The first-order chi connectivity index (χ1) is 12.2. The Labute approximate surface area is 152 Å². The van der Waals surface area contributed by atoms with Crippen molar-refractivity contribution in [2.24, 2.45) is 0 Å². The smallest absolute Gasteiger partial charge is 0.407 e. The Balaban J connectivity index is 2.17. The van der Waals surface area contributed by atoms with Crippen LogP contribution in [-0.4, -0.2) is 41.6 Å². The maximum Gasteiger partial charge on any atom is 0.407 e. The molecule has 7 heteroatoms. The number of hydrogen-bond acceptors (Lipinski definition) is 4. The lowest BCUT2D eigenvalue weighted by molar-refractivity contribution is -0.131. The quantitative estimate of drug-likeness (QED) is 0.897. The van der Waals surface area contributed by atoms with Crippen LogP contribution in [0.1, 0.15) is 45.1 Å². The van der Waals surface area contributed by atoms with Crippen molar-refractivity contribution in [1.29, 1.82) is 5.26 Å². The van der Waals surface area contributed by atoms with E-state index in [4.69, 9.17) is 10.00 Å². The van der Waals surface area contributed by atoms with E-state index in [0.29, 0.717) is 13.0 Å². The number of rotatable bonds is 3. The van der Waals surface area contributed by atoms with Crippen molar-refractivity contribution in [2.45, 2.75) is 51.2 Å². The Morgan fingerprint density at radius 1 is 1.35 bits per heavy atom. The minimum Gasteiger partial charge on any atom is -0.444 e. The molecule has 0 spiro atoms. The molecule has 1 aliphatic heterocycles. The SMILES string of the molecule is CC(C)(C)OC(=O)N[C@@H]1CN(C(=O)CC#N)CC[C@H]1c1ccc(F)cc1. The van der Waals surface area contributed by atoms with Gasteiger partial charge in [0.1, 0.15) is 17.8 Å². The van der Waals surface area contributed by atoms with Gasteiger partial charge < -0.3 is 15.0 Å². The van der Waals surface area contributed by atoms with E-state index in [-0.39, 0.29) is 36.6 Å². The largest absolute Gasteiger partial charge is 0.444 e. The predicted molar refractivity (Wildman–Crippen MR) is 93.7 cm³/mol. The molecular weight excluding hydrogens is 337 g/mol. The molecule has 2 atom stereocenters. The average Bonchev–Trinajstić information content (AvgIpc) is 2.54. The van der Waals surface area contributed by atoms with Gasteiger partial charge in [0.15, 0.2) is 0 Å². The molecule has 1 aromatic rings. The standard InChI is InChI=1S/C19H24FN3O3/c1-19(2,3)26-18(25)22-16-12-23(17(24)8-10-21)11-9-15(16)13-4-6-14(20)7-5-13/h4-7,15-16H,8-9,11-12H2,1-3H3,(H,22,25)/t15-,16+/m0/s1. The summed E-state index contributed by atoms with van der Waals surface area (Å²) in [5, 5.41) is 11.6. The Bertz CT molecular complexity index is 691. The molecular formula is C19H24FN3O3. The van der Waals surface area contributed by atoms with Gasteiger partial charge in [-0.25, -0.2) is 9.18 Å². The lowest BCUT2D eigenvalue weighted by Crippen LogP contribution is -2.53. The van der Waals surface area contributed by atoms with Crippen LogP contribution in [0.3, 0.4) is 0 Å². The molecule has 0 aromatic heterocycles. The van der Waals surface area contributed by atoms with Crippen molar-refractivity contribution in [3.63, 3.8) is 0 Å². The zero-order valence-corrected chi connectivity index (χ0v) is 15.3. The van der Waals surface area contributed by atoms with Crippen LogP contribution in [-0.2, 0) is 9.53 Å². The van der Waals surface area contributed by atoms with Crippen molar-refractivity contribution >= 4 is 12.0 Å². The van der Waals surface area contributed by atoms with Crippen LogP contribution in [0.4, 0.5) is 9.18 Å². The molecule has 6 nitrogen and oxygen atoms in total. The number of nitriles is 1. The number of halogens is 1. The third-order valence-electron chi connectivity index (χ3n) is 4.20. The predicted octanol–water partition coefficient (Wildman–Crippen LogP) is 2.95. The molecule has 1 N–H and O–H groups in total. The maximum absolute atomic E-state index is 13.2. The highest BCUT2D eigenvalue weighted by Gasteiger charge is 2.34. The van der Waals surface area contributed by atoms with E-state index in [0.717, 1.165) is 5.56 Å². The van der Waals surface area contributed by atoms with Gasteiger partial charge in [0, 0.05) is 19.0 Å². The Hall–Kier alpha value is -2.62. The Morgan fingerprint density at radius 2 is 2.00 bits per heavy atom. The molecule has 1 fully saturated rings. The van der Waals surface area contributed by atoms with Crippen LogP contribution >= 0.6 is 0 Å². The third-order valence-corrected chi connectivity index (χ3v) is 4.20. The number of ether oxygens (including phenoxy) is 1. The van der Waals surface area contributed by atoms with Crippen LogP contribution in [0.15, 0.2) is 24.3 Å². The van der Waals surface area contributed by atoms with Crippen LogP contribution in [0.25, 0.3) is 0 Å². The maximum atomic E-state index is 13.2.